The average molecular weight is 470 g/mol. The molecule has 1 N–H and O–H groups in total. The summed E-state index contributed by atoms with van der Waals surface area (Å²) in [4.78, 5) is 32.0. The summed E-state index contributed by atoms with van der Waals surface area (Å²) in [5.74, 6) is -0.188. The van der Waals surface area contributed by atoms with Crippen molar-refractivity contribution in [1.82, 2.24) is 14.7 Å². The van der Waals surface area contributed by atoms with Crippen LogP contribution in [0.2, 0.25) is 0 Å². The highest BCUT2D eigenvalue weighted by Crippen LogP contribution is 2.44. The molecule has 5 rings (SSSR count). The van der Waals surface area contributed by atoms with Gasteiger partial charge in [0.1, 0.15) is 5.60 Å². The average Bonchev–Trinajstić information content (AvgIpc) is 3.08. The van der Waals surface area contributed by atoms with Crippen molar-refractivity contribution < 1.29 is 19.4 Å². The van der Waals surface area contributed by atoms with Gasteiger partial charge in [-0.2, -0.15) is 0 Å². The molecule has 7 nitrogen and oxygen atoms in total. The van der Waals surface area contributed by atoms with E-state index in [4.69, 9.17) is 4.74 Å². The minimum atomic E-state index is -1.36. The maximum Gasteiger partial charge on any atom is 0.410 e. The number of nitrogens with zero attached hydrogens (tertiary/aromatic N) is 3. The SMILES string of the molecule is CCOC(=O)N1C2CCC1CC(N1CCC3(CC1)CN(C(=O)C(C)(C)O)Cc1ccccc13)C2. The van der Waals surface area contributed by atoms with E-state index in [1.165, 1.54) is 11.1 Å². The predicted molar refractivity (Wildman–Crippen MR) is 129 cm³/mol. The van der Waals surface area contributed by atoms with Crippen LogP contribution < -0.4 is 0 Å². The zero-order chi connectivity index (χ0) is 24.1. The van der Waals surface area contributed by atoms with Gasteiger partial charge in [-0.15, -0.1) is 0 Å². The Hall–Kier alpha value is -2.12. The van der Waals surface area contributed by atoms with E-state index >= 15 is 0 Å². The molecule has 0 aromatic heterocycles. The fourth-order valence-electron chi connectivity index (χ4n) is 7.11. The van der Waals surface area contributed by atoms with Gasteiger partial charge in [-0.05, 0) is 83.5 Å². The van der Waals surface area contributed by atoms with Crippen LogP contribution in [0.4, 0.5) is 4.79 Å². The molecule has 3 saturated heterocycles. The van der Waals surface area contributed by atoms with Gasteiger partial charge < -0.3 is 24.5 Å². The van der Waals surface area contributed by atoms with E-state index < -0.39 is 5.60 Å². The molecule has 0 aliphatic carbocycles. The van der Waals surface area contributed by atoms with Crippen LogP contribution in [0.5, 0.6) is 0 Å². The Kier molecular flexibility index (Phi) is 6.13. The lowest BCUT2D eigenvalue weighted by Gasteiger charge is -2.51. The molecule has 2 unspecified atom stereocenters. The van der Waals surface area contributed by atoms with E-state index in [9.17, 15) is 14.7 Å². The Morgan fingerprint density at radius 2 is 1.74 bits per heavy atom. The van der Waals surface area contributed by atoms with Crippen molar-refractivity contribution in [2.45, 2.75) is 95.0 Å². The van der Waals surface area contributed by atoms with Crippen LogP contribution in [0, 0.1) is 0 Å². The molecule has 3 fully saturated rings. The third-order valence-corrected chi connectivity index (χ3v) is 8.71. The highest BCUT2D eigenvalue weighted by atomic mass is 16.6. The summed E-state index contributed by atoms with van der Waals surface area (Å²) in [7, 11) is 0. The molecular weight excluding hydrogens is 430 g/mol. The summed E-state index contributed by atoms with van der Waals surface area (Å²) in [5, 5.41) is 10.4. The Bertz CT molecular complexity index is 920. The summed E-state index contributed by atoms with van der Waals surface area (Å²) in [6.45, 7) is 8.72. The summed E-state index contributed by atoms with van der Waals surface area (Å²) in [6.07, 6.45) is 6.10. The number of carbonyl (C=O) groups excluding carboxylic acids is 2. The highest BCUT2D eigenvalue weighted by Gasteiger charge is 2.49. The molecule has 1 aromatic carbocycles. The third-order valence-electron chi connectivity index (χ3n) is 8.71. The standard InChI is InChI=1S/C27H39N3O4/c1-4-34-25(32)30-20-9-10-21(30)16-22(15-20)28-13-11-27(12-14-28)18-29(24(31)26(2,3)33)17-19-7-5-6-8-23(19)27/h5-8,20-22,33H,4,9-18H2,1-3H3. The zero-order valence-electron chi connectivity index (χ0n) is 20.8. The van der Waals surface area contributed by atoms with Crippen molar-refractivity contribution >= 4 is 12.0 Å². The number of fused-ring (bicyclic) bond motifs is 4. The number of rotatable bonds is 3. The summed E-state index contributed by atoms with van der Waals surface area (Å²) in [6, 6.07) is 9.65. The first-order valence-electron chi connectivity index (χ1n) is 13.0. The second-order valence-corrected chi connectivity index (χ2v) is 11.3. The first-order chi connectivity index (χ1) is 16.2. The van der Waals surface area contributed by atoms with E-state index in [1.54, 1.807) is 13.8 Å². The summed E-state index contributed by atoms with van der Waals surface area (Å²) in [5.41, 5.74) is 1.17. The first kappa shape index (κ1) is 23.6. The molecule has 34 heavy (non-hydrogen) atoms. The minimum Gasteiger partial charge on any atom is -0.450 e. The number of likely N-dealkylation sites (tertiary alicyclic amines) is 1. The number of ether oxygens (including phenoxy) is 1. The fourth-order valence-corrected chi connectivity index (χ4v) is 7.11. The van der Waals surface area contributed by atoms with Crippen molar-refractivity contribution in [3.63, 3.8) is 0 Å². The number of hydrogen-bond donors (Lipinski definition) is 1. The van der Waals surface area contributed by atoms with E-state index in [1.807, 2.05) is 22.8 Å². The number of amides is 2. The molecule has 4 aliphatic heterocycles. The second-order valence-electron chi connectivity index (χ2n) is 11.3. The van der Waals surface area contributed by atoms with Gasteiger partial charge in [0.2, 0.25) is 0 Å². The molecule has 2 amide bonds. The van der Waals surface area contributed by atoms with E-state index in [0.717, 1.165) is 51.6 Å². The fraction of sp³-hybridized carbons (Fsp3) is 0.704. The van der Waals surface area contributed by atoms with Gasteiger partial charge in [0.15, 0.2) is 0 Å². The van der Waals surface area contributed by atoms with Gasteiger partial charge in [0.25, 0.3) is 5.91 Å². The molecule has 4 heterocycles. The predicted octanol–water partition coefficient (Wildman–Crippen LogP) is 3.29. The van der Waals surface area contributed by atoms with E-state index in [2.05, 4.69) is 23.1 Å². The maximum absolute atomic E-state index is 13.0. The van der Waals surface area contributed by atoms with Crippen LogP contribution in [-0.2, 0) is 21.5 Å². The van der Waals surface area contributed by atoms with Crippen LogP contribution in [0.3, 0.4) is 0 Å². The largest absolute Gasteiger partial charge is 0.450 e. The lowest BCUT2D eigenvalue weighted by atomic mass is 9.68. The first-order valence-corrected chi connectivity index (χ1v) is 13.0. The topological polar surface area (TPSA) is 73.3 Å². The quantitative estimate of drug-likeness (QED) is 0.736. The smallest absolute Gasteiger partial charge is 0.410 e. The molecule has 2 bridgehead atoms. The molecule has 7 heteroatoms. The Labute approximate surface area is 203 Å². The van der Waals surface area contributed by atoms with Crippen molar-refractivity contribution in [2.75, 3.05) is 26.2 Å². The molecule has 1 aromatic rings. The Morgan fingerprint density at radius 1 is 1.09 bits per heavy atom. The van der Waals surface area contributed by atoms with Gasteiger partial charge in [-0.3, -0.25) is 4.79 Å². The van der Waals surface area contributed by atoms with Crippen molar-refractivity contribution in [2.24, 2.45) is 0 Å². The van der Waals surface area contributed by atoms with Gasteiger partial charge in [0, 0.05) is 36.6 Å². The normalized spacial score (nSPS) is 28.6. The summed E-state index contributed by atoms with van der Waals surface area (Å²) >= 11 is 0. The van der Waals surface area contributed by atoms with E-state index in [-0.39, 0.29) is 17.4 Å². The van der Waals surface area contributed by atoms with Crippen LogP contribution in [-0.4, -0.2) is 81.8 Å². The third kappa shape index (κ3) is 4.11. The van der Waals surface area contributed by atoms with E-state index in [0.29, 0.717) is 37.8 Å². The van der Waals surface area contributed by atoms with Gasteiger partial charge in [0.05, 0.1) is 6.61 Å². The molecule has 186 valence electrons. The lowest BCUT2D eigenvalue weighted by molar-refractivity contribution is -0.150. The number of piperidine rings is 2. The van der Waals surface area contributed by atoms with Crippen LogP contribution in [0.1, 0.15) is 70.4 Å². The van der Waals surface area contributed by atoms with Gasteiger partial charge in [-0.25, -0.2) is 4.79 Å². The van der Waals surface area contributed by atoms with Crippen molar-refractivity contribution in [3.05, 3.63) is 35.4 Å². The van der Waals surface area contributed by atoms with Crippen LogP contribution in [0.25, 0.3) is 0 Å². The number of aliphatic hydroxyl groups is 1. The molecule has 4 aliphatic rings. The van der Waals surface area contributed by atoms with Crippen molar-refractivity contribution in [1.29, 1.82) is 0 Å². The molecule has 0 radical (unpaired) electrons. The maximum atomic E-state index is 13.0. The van der Waals surface area contributed by atoms with Gasteiger partial charge >= 0.3 is 6.09 Å². The Balaban J connectivity index is 1.30. The number of carbonyl (C=O) groups is 2. The second kappa shape index (κ2) is 8.83. The highest BCUT2D eigenvalue weighted by molar-refractivity contribution is 5.84. The monoisotopic (exact) mass is 469 g/mol. The zero-order valence-corrected chi connectivity index (χ0v) is 20.8. The minimum absolute atomic E-state index is 0.0587. The van der Waals surface area contributed by atoms with Crippen molar-refractivity contribution in [3.8, 4) is 0 Å². The van der Waals surface area contributed by atoms with Crippen LogP contribution >= 0.6 is 0 Å². The molecule has 2 atom stereocenters. The lowest BCUT2D eigenvalue weighted by Crippen LogP contribution is -2.59. The molecule has 0 saturated carbocycles. The number of hydrogen-bond acceptors (Lipinski definition) is 5. The number of benzene rings is 1. The molecular formula is C27H39N3O4. The van der Waals surface area contributed by atoms with Crippen LogP contribution in [0.15, 0.2) is 24.3 Å². The summed E-state index contributed by atoms with van der Waals surface area (Å²) < 4.78 is 5.33. The van der Waals surface area contributed by atoms with Gasteiger partial charge in [-0.1, -0.05) is 24.3 Å². The Morgan fingerprint density at radius 3 is 2.35 bits per heavy atom. The molecule has 1 spiro atoms.